The highest BCUT2D eigenvalue weighted by atomic mass is 35.5. The van der Waals surface area contributed by atoms with Crippen molar-refractivity contribution in [2.24, 2.45) is 0 Å². The van der Waals surface area contributed by atoms with Crippen LogP contribution in [0.2, 0.25) is 5.02 Å². The lowest BCUT2D eigenvalue weighted by Gasteiger charge is -2.22. The smallest absolute Gasteiger partial charge is 0.270 e. The van der Waals surface area contributed by atoms with E-state index in [-0.39, 0.29) is 23.5 Å². The van der Waals surface area contributed by atoms with Gasteiger partial charge in [-0.3, -0.25) is 19.7 Å². The Morgan fingerprint density at radius 1 is 1.00 bits per heavy atom. The number of carbonyl (C=O) groups excluding carboxylic acids is 2. The van der Waals surface area contributed by atoms with Gasteiger partial charge in [0.05, 0.1) is 10.5 Å². The normalized spacial score (nSPS) is 13.4. The summed E-state index contributed by atoms with van der Waals surface area (Å²) in [7, 11) is 0. The Labute approximate surface area is 183 Å². The van der Waals surface area contributed by atoms with Gasteiger partial charge in [-0.2, -0.15) is 0 Å². The first kappa shape index (κ1) is 20.4. The van der Waals surface area contributed by atoms with Gasteiger partial charge in [-0.25, -0.2) is 0 Å². The van der Waals surface area contributed by atoms with Crippen LogP contribution in [0, 0.1) is 10.1 Å². The number of benzene rings is 3. The van der Waals surface area contributed by atoms with E-state index in [2.05, 4.69) is 0 Å². The number of nitro groups is 1. The number of hydrogen-bond acceptors (Lipinski definition) is 4. The number of rotatable bonds is 5. The molecule has 0 fully saturated rings. The molecule has 0 amide bonds. The lowest BCUT2D eigenvalue weighted by Crippen LogP contribution is -2.21. The van der Waals surface area contributed by atoms with Crippen LogP contribution in [0.3, 0.4) is 0 Å². The van der Waals surface area contributed by atoms with E-state index >= 15 is 0 Å². The summed E-state index contributed by atoms with van der Waals surface area (Å²) in [5.74, 6) is -0.733. The van der Waals surface area contributed by atoms with E-state index in [1.54, 1.807) is 30.3 Å². The zero-order valence-electron chi connectivity index (χ0n) is 16.2. The van der Waals surface area contributed by atoms with Gasteiger partial charge in [0, 0.05) is 29.1 Å². The van der Waals surface area contributed by atoms with Crippen LogP contribution in [0.1, 0.15) is 22.3 Å². The number of allylic oxidation sites excluding steroid dienone is 2. The number of Topliss-reactive ketones (excluding diaryl/α,β-unsaturated/α-hetero) is 1. The van der Waals surface area contributed by atoms with Gasteiger partial charge >= 0.3 is 0 Å². The third-order valence-electron chi connectivity index (χ3n) is 5.04. The van der Waals surface area contributed by atoms with Crippen LogP contribution in [0.5, 0.6) is 0 Å². The second-order valence-electron chi connectivity index (χ2n) is 7.07. The van der Waals surface area contributed by atoms with Crippen LogP contribution in [0.25, 0.3) is 11.6 Å². The lowest BCUT2D eigenvalue weighted by molar-refractivity contribution is -0.384. The molecule has 152 valence electrons. The van der Waals surface area contributed by atoms with E-state index in [0.29, 0.717) is 16.2 Å². The minimum Gasteiger partial charge on any atom is -0.294 e. The molecule has 0 saturated heterocycles. The number of ketones is 2. The van der Waals surface area contributed by atoms with E-state index in [9.17, 15) is 19.7 Å². The largest absolute Gasteiger partial charge is 0.294 e. The van der Waals surface area contributed by atoms with Crippen molar-refractivity contribution in [1.29, 1.82) is 0 Å². The van der Waals surface area contributed by atoms with E-state index in [1.807, 2.05) is 30.3 Å². The van der Waals surface area contributed by atoms with E-state index in [4.69, 9.17) is 11.6 Å². The summed E-state index contributed by atoms with van der Waals surface area (Å²) in [6.45, 7) is 0. The van der Waals surface area contributed by atoms with Gasteiger partial charge in [-0.05, 0) is 40.5 Å². The Morgan fingerprint density at radius 3 is 2.52 bits per heavy atom. The number of halogens is 1. The number of carbonyl (C=O) groups is 2. The predicted molar refractivity (Wildman–Crippen MR) is 120 cm³/mol. The number of hydrogen-bond donors (Lipinski definition) is 0. The van der Waals surface area contributed by atoms with Crippen molar-refractivity contribution in [2.45, 2.75) is 6.42 Å². The maximum absolute atomic E-state index is 13.1. The highest BCUT2D eigenvalue weighted by molar-refractivity contribution is 6.33. The van der Waals surface area contributed by atoms with Crippen LogP contribution >= 0.6 is 11.6 Å². The molecule has 1 aliphatic rings. The Bertz CT molecular complexity index is 1280. The van der Waals surface area contributed by atoms with E-state index < -0.39 is 10.7 Å². The molecule has 0 N–H and O–H groups in total. The molecule has 5 nitrogen and oxygen atoms in total. The zero-order chi connectivity index (χ0) is 22.0. The fourth-order valence-corrected chi connectivity index (χ4v) is 3.81. The third-order valence-corrected chi connectivity index (χ3v) is 5.27. The van der Waals surface area contributed by atoms with Gasteiger partial charge in [0.1, 0.15) is 0 Å². The zero-order valence-corrected chi connectivity index (χ0v) is 17.0. The number of nitrogens with zero attached hydrogens (tertiary/aromatic N) is 1. The van der Waals surface area contributed by atoms with Crippen LogP contribution in [-0.4, -0.2) is 16.5 Å². The molecule has 0 bridgehead atoms. The van der Waals surface area contributed by atoms with Crippen molar-refractivity contribution < 1.29 is 14.5 Å². The Morgan fingerprint density at radius 2 is 1.77 bits per heavy atom. The highest BCUT2D eigenvalue weighted by Gasteiger charge is 2.30. The van der Waals surface area contributed by atoms with Crippen molar-refractivity contribution in [3.63, 3.8) is 0 Å². The molecule has 0 atom stereocenters. The van der Waals surface area contributed by atoms with Crippen molar-refractivity contribution in [3.8, 4) is 0 Å². The molecule has 0 heterocycles. The first-order chi connectivity index (χ1) is 14.9. The quantitative estimate of drug-likeness (QED) is 0.233. The fraction of sp³-hybridized carbons (Fsp3) is 0.0400. The third kappa shape index (κ3) is 4.22. The summed E-state index contributed by atoms with van der Waals surface area (Å²) in [6.07, 6.45) is 2.87. The molecule has 0 saturated carbocycles. The van der Waals surface area contributed by atoms with Gasteiger partial charge < -0.3 is 0 Å². The molecule has 0 unspecified atom stereocenters. The molecule has 4 rings (SSSR count). The topological polar surface area (TPSA) is 77.3 Å². The molecule has 3 aromatic rings. The van der Waals surface area contributed by atoms with Crippen molar-refractivity contribution in [2.75, 3.05) is 0 Å². The van der Waals surface area contributed by atoms with E-state index in [0.717, 1.165) is 16.7 Å². The van der Waals surface area contributed by atoms with Crippen LogP contribution in [0.15, 0.2) is 84.4 Å². The first-order valence-corrected chi connectivity index (χ1v) is 9.90. The predicted octanol–water partition coefficient (Wildman–Crippen LogP) is 5.46. The maximum Gasteiger partial charge on any atom is 0.270 e. The van der Waals surface area contributed by atoms with Crippen molar-refractivity contribution in [1.82, 2.24) is 0 Å². The maximum atomic E-state index is 13.1. The Hall–Kier alpha value is -3.83. The Balaban J connectivity index is 1.83. The fourth-order valence-electron chi connectivity index (χ4n) is 3.63. The number of fused-ring (bicyclic) bond motifs is 1. The summed E-state index contributed by atoms with van der Waals surface area (Å²) < 4.78 is 0. The molecule has 0 spiro atoms. The van der Waals surface area contributed by atoms with Crippen LogP contribution in [-0.2, 0) is 16.0 Å². The second kappa shape index (κ2) is 8.50. The number of non-ortho nitro benzene ring substituents is 1. The average molecular weight is 430 g/mol. The minimum atomic E-state index is -0.499. The van der Waals surface area contributed by atoms with E-state index in [1.165, 1.54) is 24.3 Å². The van der Waals surface area contributed by atoms with Gasteiger partial charge in [-0.1, -0.05) is 66.2 Å². The standard InChI is InChI=1S/C25H16ClNO4/c26-19-11-10-18-14-23(29)25(24(21(18)15-19)17-6-2-1-3-7-17)22(28)12-9-16-5-4-8-20(13-16)27(30)31/h1-13,15H,14H2. The van der Waals surface area contributed by atoms with Crippen LogP contribution < -0.4 is 0 Å². The lowest BCUT2D eigenvalue weighted by atomic mass is 9.80. The van der Waals surface area contributed by atoms with Gasteiger partial charge in [-0.15, -0.1) is 0 Å². The van der Waals surface area contributed by atoms with Crippen molar-refractivity contribution >= 4 is 40.5 Å². The van der Waals surface area contributed by atoms with Crippen LogP contribution in [0.4, 0.5) is 5.69 Å². The van der Waals surface area contributed by atoms with Gasteiger partial charge in [0.2, 0.25) is 0 Å². The molecular weight excluding hydrogens is 414 g/mol. The van der Waals surface area contributed by atoms with Gasteiger partial charge in [0.15, 0.2) is 11.6 Å². The SMILES string of the molecule is O=C(C=Cc1cccc([N+](=O)[O-])c1)C1=C(c2ccccc2)c2cc(Cl)ccc2CC1=O. The summed E-state index contributed by atoms with van der Waals surface area (Å²) in [5.41, 5.74) is 3.36. The molecule has 1 aliphatic carbocycles. The number of nitro benzene ring substituents is 1. The van der Waals surface area contributed by atoms with Crippen molar-refractivity contribution in [3.05, 3.63) is 122 Å². The molecular formula is C25H16ClNO4. The van der Waals surface area contributed by atoms with Gasteiger partial charge in [0.25, 0.3) is 5.69 Å². The second-order valence-corrected chi connectivity index (χ2v) is 7.50. The molecule has 0 aromatic heterocycles. The minimum absolute atomic E-state index is 0.0731. The summed E-state index contributed by atoms with van der Waals surface area (Å²) >= 11 is 6.21. The first-order valence-electron chi connectivity index (χ1n) is 9.52. The molecule has 0 radical (unpaired) electrons. The Kier molecular flexibility index (Phi) is 5.60. The monoisotopic (exact) mass is 429 g/mol. The summed E-state index contributed by atoms with van der Waals surface area (Å²) in [4.78, 5) is 36.6. The molecule has 6 heteroatoms. The average Bonchev–Trinajstić information content (AvgIpc) is 2.77. The molecule has 31 heavy (non-hydrogen) atoms. The summed E-state index contributed by atoms with van der Waals surface area (Å²) in [5, 5.41) is 11.5. The highest BCUT2D eigenvalue weighted by Crippen LogP contribution is 2.36. The molecule has 0 aliphatic heterocycles. The molecule has 3 aromatic carbocycles. The summed E-state index contributed by atoms with van der Waals surface area (Å²) in [6, 6.07) is 20.5.